The van der Waals surface area contributed by atoms with Gasteiger partial charge in [0.1, 0.15) is 12.1 Å². The summed E-state index contributed by atoms with van der Waals surface area (Å²) in [5.41, 5.74) is 0.528. The van der Waals surface area contributed by atoms with E-state index >= 15 is 0 Å². The van der Waals surface area contributed by atoms with Gasteiger partial charge >= 0.3 is 6.01 Å². The molecule has 0 atom stereocenters. The molecule has 20 heavy (non-hydrogen) atoms. The molecule has 0 fully saturated rings. The highest BCUT2D eigenvalue weighted by Crippen LogP contribution is 2.21. The zero-order valence-electron chi connectivity index (χ0n) is 12.0. The number of pyridine rings is 1. The second-order valence-corrected chi connectivity index (χ2v) is 5.52. The molecular weight excluding hydrogens is 261 g/mol. The number of hydrogen-bond donors (Lipinski definition) is 1. The van der Waals surface area contributed by atoms with Crippen LogP contribution in [0.25, 0.3) is 0 Å². The highest BCUT2D eigenvalue weighted by atomic mass is 19.1. The Balaban J connectivity index is 2.19. The molecule has 0 bridgehead atoms. The van der Waals surface area contributed by atoms with Crippen LogP contribution in [-0.4, -0.2) is 25.3 Å². The summed E-state index contributed by atoms with van der Waals surface area (Å²) >= 11 is 0. The van der Waals surface area contributed by atoms with Crippen molar-refractivity contribution in [3.8, 4) is 11.9 Å². The third-order valence-electron chi connectivity index (χ3n) is 2.47. The number of halogens is 1. The maximum absolute atomic E-state index is 13.3. The Morgan fingerprint density at radius 3 is 2.70 bits per heavy atom. The largest absolute Gasteiger partial charge is 0.404 e. The molecule has 0 aliphatic carbocycles. The molecule has 2 heterocycles. The van der Waals surface area contributed by atoms with Gasteiger partial charge in [0.25, 0.3) is 0 Å². The first-order valence-electron chi connectivity index (χ1n) is 6.26. The number of aryl methyl sites for hydroxylation is 1. The van der Waals surface area contributed by atoms with E-state index in [4.69, 9.17) is 4.74 Å². The number of rotatable bonds is 4. The van der Waals surface area contributed by atoms with Gasteiger partial charge in [-0.1, -0.05) is 0 Å². The van der Waals surface area contributed by atoms with Crippen LogP contribution in [0.4, 0.5) is 4.39 Å². The van der Waals surface area contributed by atoms with E-state index in [1.165, 1.54) is 17.1 Å². The normalized spacial score (nSPS) is 11.7. The van der Waals surface area contributed by atoms with E-state index in [0.29, 0.717) is 18.0 Å². The molecule has 2 aromatic rings. The molecule has 0 spiro atoms. The Kier molecular flexibility index (Phi) is 3.99. The highest BCUT2D eigenvalue weighted by Gasteiger charge is 2.14. The SMILES string of the molecule is Cn1cnc(Oc2ncc(F)cc2CNC(C)(C)C)n1. The lowest BCUT2D eigenvalue weighted by molar-refractivity contribution is 0.393. The van der Waals surface area contributed by atoms with Gasteiger partial charge < -0.3 is 10.1 Å². The van der Waals surface area contributed by atoms with Gasteiger partial charge in [-0.05, 0) is 26.8 Å². The summed E-state index contributed by atoms with van der Waals surface area (Å²) in [5.74, 6) is -0.105. The van der Waals surface area contributed by atoms with Gasteiger partial charge in [0.05, 0.1) is 6.20 Å². The molecule has 0 saturated heterocycles. The van der Waals surface area contributed by atoms with Crippen molar-refractivity contribution >= 4 is 0 Å². The summed E-state index contributed by atoms with van der Waals surface area (Å²) in [6.45, 7) is 6.53. The molecule has 0 amide bonds. The van der Waals surface area contributed by atoms with Gasteiger partial charge in [0.2, 0.25) is 5.88 Å². The average molecular weight is 279 g/mol. The third-order valence-corrected chi connectivity index (χ3v) is 2.47. The second-order valence-electron chi connectivity index (χ2n) is 5.52. The monoisotopic (exact) mass is 279 g/mol. The zero-order valence-corrected chi connectivity index (χ0v) is 12.0. The Labute approximate surface area is 117 Å². The zero-order chi connectivity index (χ0) is 14.8. The topological polar surface area (TPSA) is 64.9 Å². The predicted octanol–water partition coefficient (Wildman–Crippen LogP) is 2.03. The van der Waals surface area contributed by atoms with Gasteiger partial charge in [-0.15, -0.1) is 5.10 Å². The molecule has 0 radical (unpaired) electrons. The molecule has 7 heteroatoms. The summed E-state index contributed by atoms with van der Waals surface area (Å²) in [6, 6.07) is 1.58. The minimum absolute atomic E-state index is 0.0904. The van der Waals surface area contributed by atoms with E-state index in [-0.39, 0.29) is 11.5 Å². The number of aromatic nitrogens is 4. The molecule has 6 nitrogen and oxygen atoms in total. The number of hydrogen-bond acceptors (Lipinski definition) is 5. The van der Waals surface area contributed by atoms with E-state index in [0.717, 1.165) is 6.20 Å². The first-order valence-corrected chi connectivity index (χ1v) is 6.26. The quantitative estimate of drug-likeness (QED) is 0.927. The van der Waals surface area contributed by atoms with Crippen LogP contribution in [0.2, 0.25) is 0 Å². The van der Waals surface area contributed by atoms with E-state index < -0.39 is 5.82 Å². The van der Waals surface area contributed by atoms with Gasteiger partial charge in [0.15, 0.2) is 0 Å². The van der Waals surface area contributed by atoms with Crippen molar-refractivity contribution in [3.63, 3.8) is 0 Å². The summed E-state index contributed by atoms with van der Waals surface area (Å²) < 4.78 is 20.3. The molecule has 1 N–H and O–H groups in total. The van der Waals surface area contributed by atoms with Crippen LogP contribution in [0, 0.1) is 5.82 Å². The molecular formula is C13H18FN5O. The lowest BCUT2D eigenvalue weighted by Crippen LogP contribution is -2.35. The summed E-state index contributed by atoms with van der Waals surface area (Å²) in [7, 11) is 1.74. The highest BCUT2D eigenvalue weighted by molar-refractivity contribution is 5.28. The fraction of sp³-hybridized carbons (Fsp3) is 0.462. The second kappa shape index (κ2) is 5.54. The summed E-state index contributed by atoms with van der Waals surface area (Å²) in [4.78, 5) is 7.92. The number of nitrogens with one attached hydrogen (secondary N) is 1. The first-order chi connectivity index (χ1) is 9.33. The third kappa shape index (κ3) is 3.99. The first kappa shape index (κ1) is 14.4. The van der Waals surface area contributed by atoms with Crippen molar-refractivity contribution in [2.75, 3.05) is 0 Å². The fourth-order valence-electron chi connectivity index (χ4n) is 1.50. The van der Waals surface area contributed by atoms with Gasteiger partial charge in [-0.3, -0.25) is 4.68 Å². The standard InChI is InChI=1S/C13H18FN5O/c1-13(2,3)17-6-9-5-10(14)7-15-11(9)20-12-16-8-19(4)18-12/h5,7-8,17H,6H2,1-4H3. The van der Waals surface area contributed by atoms with Gasteiger partial charge in [-0.2, -0.15) is 4.98 Å². The van der Waals surface area contributed by atoms with E-state index in [2.05, 4.69) is 20.4 Å². The Hall–Kier alpha value is -2.02. The molecule has 2 aromatic heterocycles. The van der Waals surface area contributed by atoms with E-state index in [1.807, 2.05) is 20.8 Å². The van der Waals surface area contributed by atoms with Crippen molar-refractivity contribution in [1.29, 1.82) is 0 Å². The van der Waals surface area contributed by atoms with Crippen molar-refractivity contribution < 1.29 is 9.13 Å². The van der Waals surface area contributed by atoms with Crippen molar-refractivity contribution in [2.24, 2.45) is 7.05 Å². The van der Waals surface area contributed by atoms with Crippen LogP contribution in [0.1, 0.15) is 26.3 Å². The van der Waals surface area contributed by atoms with Crippen molar-refractivity contribution in [2.45, 2.75) is 32.9 Å². The molecule has 2 rings (SSSR count). The number of ether oxygens (including phenoxy) is 1. The van der Waals surface area contributed by atoms with Crippen LogP contribution in [-0.2, 0) is 13.6 Å². The van der Waals surface area contributed by atoms with Gasteiger partial charge in [0, 0.05) is 24.7 Å². The average Bonchev–Trinajstić information content (AvgIpc) is 2.74. The molecule has 0 aromatic carbocycles. The fourth-order valence-corrected chi connectivity index (χ4v) is 1.50. The number of nitrogens with zero attached hydrogens (tertiary/aromatic N) is 4. The summed E-state index contributed by atoms with van der Waals surface area (Å²) in [5, 5.41) is 7.27. The molecule has 0 aliphatic rings. The van der Waals surface area contributed by atoms with Crippen LogP contribution < -0.4 is 10.1 Å². The molecule has 0 aliphatic heterocycles. The molecule has 0 saturated carbocycles. The van der Waals surface area contributed by atoms with Crippen molar-refractivity contribution in [3.05, 3.63) is 30.0 Å². The van der Waals surface area contributed by atoms with Crippen LogP contribution in [0.3, 0.4) is 0 Å². The summed E-state index contributed by atoms with van der Waals surface area (Å²) in [6.07, 6.45) is 2.63. The van der Waals surface area contributed by atoms with Crippen LogP contribution >= 0.6 is 0 Å². The lowest BCUT2D eigenvalue weighted by atomic mass is 10.1. The predicted molar refractivity (Wildman–Crippen MR) is 71.9 cm³/mol. The smallest absolute Gasteiger partial charge is 0.342 e. The Morgan fingerprint density at radius 2 is 2.10 bits per heavy atom. The maximum Gasteiger partial charge on any atom is 0.342 e. The molecule has 0 unspecified atom stereocenters. The van der Waals surface area contributed by atoms with Gasteiger partial charge in [-0.25, -0.2) is 9.37 Å². The minimum Gasteiger partial charge on any atom is -0.404 e. The maximum atomic E-state index is 13.3. The molecule has 108 valence electrons. The lowest BCUT2D eigenvalue weighted by Gasteiger charge is -2.21. The van der Waals surface area contributed by atoms with E-state index in [1.54, 1.807) is 7.05 Å². The van der Waals surface area contributed by atoms with Crippen LogP contribution in [0.15, 0.2) is 18.6 Å². The Bertz CT molecular complexity index is 591. The van der Waals surface area contributed by atoms with Crippen molar-refractivity contribution in [1.82, 2.24) is 25.1 Å². The Morgan fingerprint density at radius 1 is 1.35 bits per heavy atom. The van der Waals surface area contributed by atoms with Crippen LogP contribution in [0.5, 0.6) is 11.9 Å². The van der Waals surface area contributed by atoms with E-state index in [9.17, 15) is 4.39 Å². The minimum atomic E-state index is -0.406.